The summed E-state index contributed by atoms with van der Waals surface area (Å²) in [5.41, 5.74) is 4.52. The summed E-state index contributed by atoms with van der Waals surface area (Å²) in [5, 5.41) is 0. The van der Waals surface area contributed by atoms with Gasteiger partial charge in [-0.25, -0.2) is 9.97 Å². The van der Waals surface area contributed by atoms with Gasteiger partial charge in [0, 0.05) is 31.0 Å². The van der Waals surface area contributed by atoms with Gasteiger partial charge in [-0.15, -0.1) is 0 Å². The molecule has 0 aliphatic carbocycles. The first kappa shape index (κ1) is 20.7. The van der Waals surface area contributed by atoms with E-state index >= 15 is 0 Å². The lowest BCUT2D eigenvalue weighted by atomic mass is 9.85. The molecule has 164 valence electrons. The minimum Gasteiger partial charge on any atom is -0.337 e. The fourth-order valence-corrected chi connectivity index (χ4v) is 4.97. The molecule has 3 aromatic rings. The Balaban J connectivity index is 1.33. The minimum absolute atomic E-state index is 0.109. The quantitative estimate of drug-likeness (QED) is 0.596. The van der Waals surface area contributed by atoms with E-state index in [0.29, 0.717) is 0 Å². The third kappa shape index (κ3) is 3.88. The van der Waals surface area contributed by atoms with Crippen LogP contribution in [-0.2, 0) is 5.41 Å². The Kier molecular flexibility index (Phi) is 5.20. The van der Waals surface area contributed by atoms with Crippen molar-refractivity contribution in [2.45, 2.75) is 51.1 Å². The molecule has 32 heavy (non-hydrogen) atoms. The molecule has 0 radical (unpaired) electrons. The Morgan fingerprint density at radius 3 is 2.16 bits per heavy atom. The van der Waals surface area contributed by atoms with Crippen molar-refractivity contribution in [2.75, 3.05) is 18.0 Å². The largest absolute Gasteiger partial charge is 0.337 e. The average Bonchev–Trinajstić information content (AvgIpc) is 3.07. The van der Waals surface area contributed by atoms with E-state index in [4.69, 9.17) is 0 Å². The summed E-state index contributed by atoms with van der Waals surface area (Å²) >= 11 is 0. The van der Waals surface area contributed by atoms with E-state index in [1.54, 1.807) is 12.4 Å². The maximum Gasteiger partial charge on any atom is 0.254 e. The fraction of sp³-hybridized carbons (Fsp3) is 0.370. The molecule has 1 aromatic heterocycles. The highest BCUT2D eigenvalue weighted by molar-refractivity contribution is 5.95. The van der Waals surface area contributed by atoms with Crippen molar-refractivity contribution in [1.82, 2.24) is 14.9 Å². The number of carbonyl (C=O) groups is 1. The standard InChI is InChI=1S/C27H30N4O/c1-27(2,3)22-7-4-6-21(16-22)19-8-10-20(11-9-19)25(32)31-23-12-13-24(31)18-30(17-23)26-28-14-5-15-29-26/h4-11,14-16,23-24H,12-13,17-18H2,1-3H3. The number of hydrogen-bond donors (Lipinski definition) is 0. The van der Waals surface area contributed by atoms with Crippen LogP contribution in [0.4, 0.5) is 5.95 Å². The van der Waals surface area contributed by atoms with Crippen molar-refractivity contribution >= 4 is 11.9 Å². The van der Waals surface area contributed by atoms with Crippen LogP contribution >= 0.6 is 0 Å². The van der Waals surface area contributed by atoms with E-state index in [9.17, 15) is 4.79 Å². The molecular weight excluding hydrogens is 396 g/mol. The van der Waals surface area contributed by atoms with Crippen LogP contribution in [-0.4, -0.2) is 45.9 Å². The van der Waals surface area contributed by atoms with Crippen LogP contribution in [0.15, 0.2) is 67.0 Å². The van der Waals surface area contributed by atoms with E-state index in [0.717, 1.165) is 43.0 Å². The zero-order chi connectivity index (χ0) is 22.3. The number of benzene rings is 2. The van der Waals surface area contributed by atoms with Crippen LogP contribution in [0.2, 0.25) is 0 Å². The zero-order valence-electron chi connectivity index (χ0n) is 19.0. The third-order valence-electron chi connectivity index (χ3n) is 6.75. The number of amides is 1. The number of carbonyl (C=O) groups excluding carboxylic acids is 1. The van der Waals surface area contributed by atoms with Crippen LogP contribution in [0.1, 0.15) is 49.5 Å². The molecule has 5 heteroatoms. The first-order valence-corrected chi connectivity index (χ1v) is 11.5. The first-order chi connectivity index (χ1) is 15.4. The molecule has 2 aliphatic heterocycles. The van der Waals surface area contributed by atoms with Gasteiger partial charge in [-0.05, 0) is 53.1 Å². The second kappa shape index (κ2) is 8.05. The monoisotopic (exact) mass is 426 g/mol. The molecular formula is C27H30N4O. The fourth-order valence-electron chi connectivity index (χ4n) is 4.97. The van der Waals surface area contributed by atoms with Crippen LogP contribution in [0.3, 0.4) is 0 Å². The summed E-state index contributed by atoms with van der Waals surface area (Å²) in [4.78, 5) is 26.5. The molecule has 2 fully saturated rings. The second-order valence-electron chi connectivity index (χ2n) is 9.96. The van der Waals surface area contributed by atoms with Gasteiger partial charge >= 0.3 is 0 Å². The van der Waals surface area contributed by atoms with E-state index in [1.807, 2.05) is 18.2 Å². The number of aromatic nitrogens is 2. The summed E-state index contributed by atoms with van der Waals surface area (Å²) in [6.45, 7) is 8.28. The average molecular weight is 427 g/mol. The molecule has 0 spiro atoms. The van der Waals surface area contributed by atoms with Gasteiger partial charge in [-0.1, -0.05) is 57.2 Å². The van der Waals surface area contributed by atoms with Crippen molar-refractivity contribution in [1.29, 1.82) is 0 Å². The van der Waals surface area contributed by atoms with Gasteiger partial charge in [0.2, 0.25) is 5.95 Å². The van der Waals surface area contributed by atoms with Gasteiger partial charge in [-0.3, -0.25) is 4.79 Å². The summed E-state index contributed by atoms with van der Waals surface area (Å²) in [7, 11) is 0. The smallest absolute Gasteiger partial charge is 0.254 e. The highest BCUT2D eigenvalue weighted by atomic mass is 16.2. The highest BCUT2D eigenvalue weighted by Gasteiger charge is 2.43. The topological polar surface area (TPSA) is 49.3 Å². The SMILES string of the molecule is CC(C)(C)c1cccc(-c2ccc(C(=O)N3C4CCC3CN(c3ncccn3)C4)cc2)c1. The van der Waals surface area contributed by atoms with Crippen molar-refractivity contribution < 1.29 is 4.79 Å². The molecule has 2 aromatic carbocycles. The number of fused-ring (bicyclic) bond motifs is 2. The Bertz CT molecular complexity index is 1090. The summed E-state index contributed by atoms with van der Waals surface area (Å²) in [6, 6.07) is 19.1. The van der Waals surface area contributed by atoms with E-state index < -0.39 is 0 Å². The normalized spacial score (nSPS) is 20.5. The molecule has 0 saturated carbocycles. The Morgan fingerprint density at radius 1 is 0.875 bits per heavy atom. The lowest BCUT2D eigenvalue weighted by Crippen LogP contribution is -2.56. The number of piperazine rings is 1. The first-order valence-electron chi connectivity index (χ1n) is 11.5. The van der Waals surface area contributed by atoms with Crippen molar-refractivity contribution in [3.63, 3.8) is 0 Å². The zero-order valence-corrected chi connectivity index (χ0v) is 19.0. The van der Waals surface area contributed by atoms with Crippen molar-refractivity contribution in [2.24, 2.45) is 0 Å². The number of rotatable bonds is 3. The van der Waals surface area contributed by atoms with Gasteiger partial charge in [0.1, 0.15) is 0 Å². The molecule has 2 atom stereocenters. The molecule has 2 saturated heterocycles. The molecule has 2 bridgehead atoms. The molecule has 0 N–H and O–H groups in total. The van der Waals surface area contributed by atoms with Crippen LogP contribution in [0.25, 0.3) is 11.1 Å². The number of anilines is 1. The number of hydrogen-bond acceptors (Lipinski definition) is 4. The molecule has 2 aliphatic rings. The molecule has 1 amide bonds. The van der Waals surface area contributed by atoms with Crippen LogP contribution < -0.4 is 4.90 Å². The van der Waals surface area contributed by atoms with E-state index in [-0.39, 0.29) is 23.4 Å². The summed E-state index contributed by atoms with van der Waals surface area (Å²) < 4.78 is 0. The van der Waals surface area contributed by atoms with Crippen LogP contribution in [0.5, 0.6) is 0 Å². The third-order valence-corrected chi connectivity index (χ3v) is 6.75. The maximum absolute atomic E-state index is 13.4. The Morgan fingerprint density at radius 2 is 1.53 bits per heavy atom. The lowest BCUT2D eigenvalue weighted by molar-refractivity contribution is 0.0640. The molecule has 3 heterocycles. The Hall–Kier alpha value is -3.21. The number of nitrogens with zero attached hydrogens (tertiary/aromatic N) is 4. The van der Waals surface area contributed by atoms with Crippen molar-refractivity contribution in [3.05, 3.63) is 78.1 Å². The molecule has 5 nitrogen and oxygen atoms in total. The van der Waals surface area contributed by atoms with Gasteiger partial charge < -0.3 is 9.80 Å². The lowest BCUT2D eigenvalue weighted by Gasteiger charge is -2.41. The maximum atomic E-state index is 13.4. The van der Waals surface area contributed by atoms with E-state index in [2.05, 4.69) is 76.9 Å². The summed E-state index contributed by atoms with van der Waals surface area (Å²) in [5.74, 6) is 0.902. The van der Waals surface area contributed by atoms with Gasteiger partial charge in [0.25, 0.3) is 5.91 Å². The predicted octanol–water partition coefficient (Wildman–Crippen LogP) is 4.93. The van der Waals surface area contributed by atoms with E-state index in [1.165, 1.54) is 11.1 Å². The highest BCUT2D eigenvalue weighted by Crippen LogP contribution is 2.33. The molecule has 5 rings (SSSR count). The van der Waals surface area contributed by atoms with Gasteiger partial charge in [-0.2, -0.15) is 0 Å². The van der Waals surface area contributed by atoms with Gasteiger partial charge in [0.05, 0.1) is 12.1 Å². The minimum atomic E-state index is 0.109. The molecule has 2 unspecified atom stereocenters. The predicted molar refractivity (Wildman–Crippen MR) is 128 cm³/mol. The summed E-state index contributed by atoms with van der Waals surface area (Å²) in [6.07, 6.45) is 5.63. The Labute approximate surface area is 190 Å². The van der Waals surface area contributed by atoms with Crippen molar-refractivity contribution in [3.8, 4) is 11.1 Å². The van der Waals surface area contributed by atoms with Gasteiger partial charge in [0.15, 0.2) is 0 Å². The van der Waals surface area contributed by atoms with Crippen LogP contribution in [0, 0.1) is 0 Å². The second-order valence-corrected chi connectivity index (χ2v) is 9.96.